The molecule has 1 fully saturated rings. The monoisotopic (exact) mass is 532 g/mol. The summed E-state index contributed by atoms with van der Waals surface area (Å²) in [5, 5.41) is 2.35. The summed E-state index contributed by atoms with van der Waals surface area (Å²) < 4.78 is 21.7. The van der Waals surface area contributed by atoms with E-state index in [-0.39, 0.29) is 25.3 Å². The van der Waals surface area contributed by atoms with Gasteiger partial charge in [-0.2, -0.15) is 0 Å². The second kappa shape index (κ2) is 15.8. The molecule has 0 radical (unpaired) electrons. The van der Waals surface area contributed by atoms with Crippen LogP contribution in [0.3, 0.4) is 0 Å². The lowest BCUT2D eigenvalue weighted by Crippen LogP contribution is -2.29. The molecule has 0 amide bonds. The van der Waals surface area contributed by atoms with Gasteiger partial charge >= 0.3 is 0 Å². The molecule has 1 aliphatic rings. The lowest BCUT2D eigenvalue weighted by molar-refractivity contribution is -0.115. The number of nitrogens with zero attached hydrogens (tertiary/aromatic N) is 2. The molecule has 39 heavy (non-hydrogen) atoms. The number of hydrogen-bond acceptors (Lipinski definition) is 6. The topological polar surface area (TPSA) is 65.5 Å². The van der Waals surface area contributed by atoms with Crippen LogP contribution in [0.2, 0.25) is 0 Å². The van der Waals surface area contributed by atoms with Gasteiger partial charge in [-0.1, -0.05) is 25.6 Å². The summed E-state index contributed by atoms with van der Waals surface area (Å²) in [5.41, 5.74) is 2.31. The average molecular weight is 533 g/mol. The van der Waals surface area contributed by atoms with E-state index in [1.165, 1.54) is 36.4 Å². The molecule has 0 atom stereocenters. The van der Waals surface area contributed by atoms with Crippen molar-refractivity contribution in [3.8, 4) is 11.3 Å². The predicted octanol–water partition coefficient (Wildman–Crippen LogP) is 7.02. The van der Waals surface area contributed by atoms with Crippen LogP contribution in [0.1, 0.15) is 45.3 Å². The number of carbonyl (C=O) groups excluding carboxylic acids is 1. The van der Waals surface area contributed by atoms with Crippen molar-refractivity contribution in [1.29, 1.82) is 0 Å². The zero-order chi connectivity index (χ0) is 26.6. The van der Waals surface area contributed by atoms with Crippen molar-refractivity contribution >= 4 is 28.3 Å². The first kappa shape index (κ1) is 30.1. The smallest absolute Gasteiger partial charge is 0.232 e. The van der Waals surface area contributed by atoms with E-state index in [9.17, 15) is 4.79 Å². The number of anilines is 1. The van der Waals surface area contributed by atoms with Crippen LogP contribution in [-0.4, -0.2) is 59.0 Å². The van der Waals surface area contributed by atoms with E-state index in [2.05, 4.69) is 46.1 Å². The van der Waals surface area contributed by atoms with E-state index in [1.807, 2.05) is 6.07 Å². The second-order valence-corrected chi connectivity index (χ2v) is 9.38. The number of piperidine rings is 1. The number of ketones is 1. The van der Waals surface area contributed by atoms with E-state index >= 15 is 0 Å². The zero-order valence-corrected chi connectivity index (χ0v) is 22.1. The van der Waals surface area contributed by atoms with Gasteiger partial charge in [0.1, 0.15) is 11.5 Å². The minimum atomic E-state index is -0.215. The van der Waals surface area contributed by atoms with E-state index < -0.39 is 0 Å². The molecule has 3 aromatic rings. The third-order valence-corrected chi connectivity index (χ3v) is 6.64. The summed E-state index contributed by atoms with van der Waals surface area (Å²) in [6.07, 6.45) is 6.15. The van der Waals surface area contributed by atoms with Crippen LogP contribution in [0.25, 0.3) is 33.0 Å². The molecular weight excluding hydrogens is 492 g/mol. The number of benzene rings is 2. The highest BCUT2D eigenvalue weighted by Crippen LogP contribution is 2.30. The molecule has 0 aliphatic carbocycles. The first-order valence-corrected chi connectivity index (χ1v) is 13.3. The van der Waals surface area contributed by atoms with Gasteiger partial charge in [-0.25, -0.2) is 4.85 Å². The maximum absolute atomic E-state index is 12.5. The highest BCUT2D eigenvalue weighted by molar-refractivity contribution is 6.01. The summed E-state index contributed by atoms with van der Waals surface area (Å²) in [5.74, 6) is 0.980. The first-order chi connectivity index (χ1) is 18.7. The minimum Gasteiger partial charge on any atom is -0.458 e. The van der Waals surface area contributed by atoms with Crippen molar-refractivity contribution in [2.75, 3.05) is 58.1 Å². The summed E-state index contributed by atoms with van der Waals surface area (Å²) in [6.45, 7) is 12.2. The second-order valence-electron chi connectivity index (χ2n) is 9.38. The number of ether oxygens (including phenoxy) is 3. The Morgan fingerprint density at radius 1 is 0.949 bits per heavy atom. The van der Waals surface area contributed by atoms with Crippen LogP contribution in [0.15, 0.2) is 58.6 Å². The first-order valence-electron chi connectivity index (χ1n) is 13.3. The van der Waals surface area contributed by atoms with Crippen LogP contribution >= 0.6 is 0 Å². The molecule has 0 bridgehead atoms. The third kappa shape index (κ3) is 8.79. The third-order valence-electron chi connectivity index (χ3n) is 6.64. The van der Waals surface area contributed by atoms with Gasteiger partial charge in [-0.3, -0.25) is 0 Å². The Kier molecular flexibility index (Phi) is 12.2. The number of rotatable bonds is 14. The van der Waals surface area contributed by atoms with Crippen LogP contribution in [0.4, 0.5) is 5.69 Å². The summed E-state index contributed by atoms with van der Waals surface area (Å²) >= 11 is 0. The molecule has 0 unspecified atom stereocenters. The quantitative estimate of drug-likeness (QED) is 0.126. The highest BCUT2D eigenvalue weighted by atomic mass is 16.5. The van der Waals surface area contributed by atoms with Gasteiger partial charge in [0.2, 0.25) is 5.70 Å². The van der Waals surface area contributed by atoms with Crippen LogP contribution in [0, 0.1) is 6.57 Å². The van der Waals surface area contributed by atoms with Crippen molar-refractivity contribution < 1.29 is 23.4 Å². The van der Waals surface area contributed by atoms with Crippen molar-refractivity contribution in [1.82, 2.24) is 0 Å². The Morgan fingerprint density at radius 2 is 1.67 bits per heavy atom. The maximum atomic E-state index is 12.5. The molecule has 2 aromatic carbocycles. The molecule has 0 saturated carbocycles. The van der Waals surface area contributed by atoms with Gasteiger partial charge in [0, 0.05) is 44.5 Å². The van der Waals surface area contributed by atoms with Crippen molar-refractivity contribution in [2.24, 2.45) is 0 Å². The fraction of sp³-hybridized carbons (Fsp3) is 0.438. The number of Topliss-reactive ketones (excluding diaryl/α,β-unsaturated/α-hetero) is 1. The van der Waals surface area contributed by atoms with Gasteiger partial charge in [-0.15, -0.1) is 0 Å². The van der Waals surface area contributed by atoms with E-state index in [4.69, 9.17) is 25.2 Å². The summed E-state index contributed by atoms with van der Waals surface area (Å²) in [4.78, 5) is 18.4. The summed E-state index contributed by atoms with van der Waals surface area (Å²) in [6, 6.07) is 16.6. The number of furan rings is 1. The Morgan fingerprint density at radius 3 is 2.44 bits per heavy atom. The normalized spacial score (nSPS) is 13.7. The largest absolute Gasteiger partial charge is 0.458 e. The Labute approximate surface area is 232 Å². The average Bonchev–Trinajstić information content (AvgIpc) is 3.43. The van der Waals surface area contributed by atoms with Gasteiger partial charge in [0.15, 0.2) is 5.78 Å². The molecule has 7 heteroatoms. The van der Waals surface area contributed by atoms with Crippen molar-refractivity contribution in [3.05, 3.63) is 71.4 Å². The molecular formula is C32H40N2O5. The molecule has 208 valence electrons. The fourth-order valence-electron chi connectivity index (χ4n) is 4.56. The highest BCUT2D eigenvalue weighted by Gasteiger charge is 2.13. The Bertz CT molecular complexity index is 1270. The van der Waals surface area contributed by atoms with E-state index in [0.29, 0.717) is 51.0 Å². The SMILES string of the molecule is C.[C-]#[N+]/C(=C\c1ccc(-c2ccc3cc(N4CCCCC4)ccc3c2)o1)C(=O)CCCOCCOCCOC. The van der Waals surface area contributed by atoms with Crippen LogP contribution < -0.4 is 4.90 Å². The van der Waals surface area contributed by atoms with Crippen LogP contribution in [-0.2, 0) is 19.0 Å². The minimum absolute atomic E-state index is 0. The maximum Gasteiger partial charge on any atom is 0.232 e. The van der Waals surface area contributed by atoms with Crippen molar-refractivity contribution in [3.63, 3.8) is 0 Å². The Balaban J connectivity index is 0.00000420. The lowest BCUT2D eigenvalue weighted by Gasteiger charge is -2.29. The standard InChI is InChI=1S/C31H36N2O5.CH4/c1-32-29(30(34)7-6-16-36-19-20-37-18-17-35-2)23-28-12-13-31(38-28)26-9-8-25-22-27(11-10-24(25)21-26)33-14-4-3-5-15-33;/h8-13,21-23H,3-7,14-20H2,2H3;1H4/b29-23-;. The molecule has 7 nitrogen and oxygen atoms in total. The molecule has 4 rings (SSSR count). The number of carbonyl (C=O) groups is 1. The number of methoxy groups -OCH3 is 1. The van der Waals surface area contributed by atoms with Crippen LogP contribution in [0.5, 0.6) is 0 Å². The predicted molar refractivity (Wildman–Crippen MR) is 157 cm³/mol. The van der Waals surface area contributed by atoms with Gasteiger partial charge < -0.3 is 28.3 Å². The van der Waals surface area contributed by atoms with Gasteiger partial charge in [-0.05, 0) is 72.9 Å². The Hall–Kier alpha value is -3.44. The fourth-order valence-corrected chi connectivity index (χ4v) is 4.56. The van der Waals surface area contributed by atoms with E-state index in [1.54, 1.807) is 13.2 Å². The molecule has 1 aliphatic heterocycles. The molecule has 0 spiro atoms. The molecule has 2 heterocycles. The molecule has 1 aromatic heterocycles. The lowest BCUT2D eigenvalue weighted by atomic mass is 10.0. The molecule has 0 N–H and O–H groups in total. The number of allylic oxidation sites excluding steroid dienone is 1. The number of hydrogen-bond donors (Lipinski definition) is 0. The molecule has 1 saturated heterocycles. The van der Waals surface area contributed by atoms with Gasteiger partial charge in [0.05, 0.1) is 33.0 Å². The zero-order valence-electron chi connectivity index (χ0n) is 22.1. The number of fused-ring (bicyclic) bond motifs is 1. The van der Waals surface area contributed by atoms with Gasteiger partial charge in [0.25, 0.3) is 0 Å². The van der Waals surface area contributed by atoms with E-state index in [0.717, 1.165) is 24.0 Å². The van der Waals surface area contributed by atoms with Crippen molar-refractivity contribution in [2.45, 2.75) is 39.5 Å². The summed E-state index contributed by atoms with van der Waals surface area (Å²) in [7, 11) is 1.63.